The lowest BCUT2D eigenvalue weighted by molar-refractivity contribution is 0.589. The zero-order valence-corrected chi connectivity index (χ0v) is 9.81. The summed E-state index contributed by atoms with van der Waals surface area (Å²) in [5.41, 5.74) is 2.25. The maximum Gasteiger partial charge on any atom is 0.326 e. The number of nitrogens with one attached hydrogen (secondary N) is 2. The molecule has 0 amide bonds. The van der Waals surface area contributed by atoms with Gasteiger partial charge in [0, 0.05) is 33.2 Å². The first-order chi connectivity index (χ1) is 8.70. The van der Waals surface area contributed by atoms with E-state index in [-0.39, 0.29) is 5.69 Å². The molecule has 3 rings (SSSR count). The fourth-order valence-corrected chi connectivity index (χ4v) is 2.39. The molecule has 5 nitrogen and oxygen atoms in total. The summed E-state index contributed by atoms with van der Waals surface area (Å²) in [4.78, 5) is 15.1. The summed E-state index contributed by atoms with van der Waals surface area (Å²) in [5, 5.41) is 3.31. The molecule has 2 N–H and O–H groups in total. The van der Waals surface area contributed by atoms with E-state index in [1.165, 1.54) is 0 Å². The number of para-hydroxylation sites is 1. The monoisotopic (exact) mass is 233 g/mol. The number of anilines is 1. The Hall–Kier alpha value is -1.75. The molecule has 2 heterocycles. The summed E-state index contributed by atoms with van der Waals surface area (Å²) in [6, 6.07) is 5.74. The molecule has 0 saturated carbocycles. The van der Waals surface area contributed by atoms with E-state index in [4.69, 9.17) is 1.41 Å². The number of hydrogen-bond acceptors (Lipinski definition) is 3. The van der Waals surface area contributed by atoms with Gasteiger partial charge >= 0.3 is 5.69 Å². The van der Waals surface area contributed by atoms with Gasteiger partial charge < -0.3 is 15.2 Å². The second kappa shape index (κ2) is 3.92. The molecular formula is C12H16N4O. The Morgan fingerprint density at radius 1 is 1.35 bits per heavy atom. The maximum atomic E-state index is 11.8. The number of aryl methyl sites for hydroxylation is 1. The van der Waals surface area contributed by atoms with Gasteiger partial charge in [-0.25, -0.2) is 4.79 Å². The molecule has 1 saturated heterocycles. The number of H-pyrrole nitrogens is 1. The molecule has 1 aromatic carbocycles. The van der Waals surface area contributed by atoms with Crippen LogP contribution in [0.1, 0.15) is 0 Å². The molecule has 0 bridgehead atoms. The molecule has 2 aromatic rings. The molecular weight excluding hydrogens is 216 g/mol. The van der Waals surface area contributed by atoms with Gasteiger partial charge in [-0.05, 0) is 12.1 Å². The van der Waals surface area contributed by atoms with Crippen molar-refractivity contribution in [2.75, 3.05) is 31.1 Å². The number of imidazole rings is 1. The molecule has 5 heteroatoms. The summed E-state index contributed by atoms with van der Waals surface area (Å²) >= 11 is 0. The molecule has 90 valence electrons. The van der Waals surface area contributed by atoms with E-state index in [0.717, 1.165) is 42.4 Å². The fourth-order valence-electron chi connectivity index (χ4n) is 2.39. The third kappa shape index (κ3) is 1.63. The molecule has 0 atom stereocenters. The van der Waals surface area contributed by atoms with Gasteiger partial charge in [-0.15, -0.1) is 0 Å². The molecule has 1 aliphatic rings. The van der Waals surface area contributed by atoms with Crippen molar-refractivity contribution in [3.8, 4) is 0 Å². The van der Waals surface area contributed by atoms with Crippen LogP contribution in [0, 0.1) is 0 Å². The van der Waals surface area contributed by atoms with Crippen molar-refractivity contribution in [1.29, 1.82) is 0 Å². The van der Waals surface area contributed by atoms with Crippen molar-refractivity contribution in [2.45, 2.75) is 0 Å². The SMILES string of the molecule is [2H]n1c(=O)n(C)c2c(N3CCNCC3)cccc21. The van der Waals surface area contributed by atoms with Crippen LogP contribution in [0.25, 0.3) is 11.0 Å². The van der Waals surface area contributed by atoms with Crippen LogP contribution in [0.15, 0.2) is 23.0 Å². The average molecular weight is 233 g/mol. The van der Waals surface area contributed by atoms with Gasteiger partial charge in [0.05, 0.1) is 16.7 Å². The quantitative estimate of drug-likeness (QED) is 0.743. The highest BCUT2D eigenvalue weighted by molar-refractivity contribution is 5.89. The zero-order chi connectivity index (χ0) is 12.7. The lowest BCUT2D eigenvalue weighted by Crippen LogP contribution is -2.43. The lowest BCUT2D eigenvalue weighted by Gasteiger charge is -2.30. The van der Waals surface area contributed by atoms with Gasteiger partial charge in [-0.1, -0.05) is 6.07 Å². The number of benzene rings is 1. The Morgan fingerprint density at radius 2 is 2.12 bits per heavy atom. The number of fused-ring (bicyclic) bond motifs is 1. The van der Waals surface area contributed by atoms with Crippen LogP contribution in [-0.2, 0) is 7.05 Å². The third-order valence-electron chi connectivity index (χ3n) is 3.29. The highest BCUT2D eigenvalue weighted by atomic mass is 16.1. The van der Waals surface area contributed by atoms with Gasteiger partial charge in [0.1, 0.15) is 0 Å². The Morgan fingerprint density at radius 3 is 2.88 bits per heavy atom. The largest absolute Gasteiger partial charge is 0.367 e. The molecule has 1 aliphatic heterocycles. The van der Waals surface area contributed by atoms with E-state index in [0.29, 0.717) is 5.52 Å². The van der Waals surface area contributed by atoms with Gasteiger partial charge in [-0.3, -0.25) is 4.57 Å². The minimum Gasteiger partial charge on any atom is -0.367 e. The van der Waals surface area contributed by atoms with E-state index < -0.39 is 0 Å². The molecule has 0 unspecified atom stereocenters. The topological polar surface area (TPSA) is 53.1 Å². The number of aromatic amines is 1. The van der Waals surface area contributed by atoms with Gasteiger partial charge in [0.2, 0.25) is 0 Å². The first-order valence-electron chi connectivity index (χ1n) is 6.30. The minimum absolute atomic E-state index is 0.299. The van der Waals surface area contributed by atoms with Crippen LogP contribution in [0.2, 0.25) is 1.41 Å². The average Bonchev–Trinajstić information content (AvgIpc) is 2.65. The molecule has 0 aliphatic carbocycles. The number of piperazine rings is 1. The summed E-state index contributed by atoms with van der Waals surface area (Å²) in [6.07, 6.45) is 0. The second-order valence-corrected chi connectivity index (χ2v) is 4.34. The highest BCUT2D eigenvalue weighted by Gasteiger charge is 2.15. The van der Waals surface area contributed by atoms with Crippen LogP contribution >= 0.6 is 0 Å². The summed E-state index contributed by atoms with van der Waals surface area (Å²) in [7, 11) is 1.72. The predicted molar refractivity (Wildman–Crippen MR) is 68.6 cm³/mol. The number of rotatable bonds is 1. The van der Waals surface area contributed by atoms with Crippen molar-refractivity contribution >= 4 is 16.7 Å². The van der Waals surface area contributed by atoms with Crippen LogP contribution in [0.5, 0.6) is 0 Å². The van der Waals surface area contributed by atoms with Crippen molar-refractivity contribution < 1.29 is 1.41 Å². The molecule has 1 aromatic heterocycles. The van der Waals surface area contributed by atoms with Crippen molar-refractivity contribution in [2.24, 2.45) is 7.05 Å². The third-order valence-corrected chi connectivity index (χ3v) is 3.29. The normalized spacial score (nSPS) is 17.5. The predicted octanol–water partition coefficient (Wildman–Crippen LogP) is 0.276. The summed E-state index contributed by atoms with van der Waals surface area (Å²) < 4.78 is 9.33. The van der Waals surface area contributed by atoms with Gasteiger partial charge in [0.25, 0.3) is 0 Å². The smallest absolute Gasteiger partial charge is 0.326 e. The van der Waals surface area contributed by atoms with Crippen LogP contribution in [-0.4, -0.2) is 35.7 Å². The van der Waals surface area contributed by atoms with Crippen LogP contribution in [0.3, 0.4) is 0 Å². The van der Waals surface area contributed by atoms with Gasteiger partial charge in [-0.2, -0.15) is 0 Å². The molecule has 17 heavy (non-hydrogen) atoms. The summed E-state index contributed by atoms with van der Waals surface area (Å²) in [5.74, 6) is 0. The Balaban J connectivity index is 2.23. The van der Waals surface area contributed by atoms with Crippen molar-refractivity contribution in [3.63, 3.8) is 0 Å². The van der Waals surface area contributed by atoms with Crippen molar-refractivity contribution in [3.05, 3.63) is 28.7 Å². The van der Waals surface area contributed by atoms with Gasteiger partial charge in [0.15, 0.2) is 1.41 Å². The Kier molecular flexibility index (Phi) is 2.15. The molecule has 1 fully saturated rings. The lowest BCUT2D eigenvalue weighted by atomic mass is 10.2. The number of nitrogens with zero attached hydrogens (tertiary/aromatic N) is 2. The first-order valence-corrected chi connectivity index (χ1v) is 5.85. The molecule has 0 radical (unpaired) electrons. The molecule has 0 spiro atoms. The fraction of sp³-hybridized carbons (Fsp3) is 0.417. The van der Waals surface area contributed by atoms with E-state index in [9.17, 15) is 4.79 Å². The standard InChI is InChI=1S/C12H16N4O/c1-15-11-9(14-12(15)17)3-2-4-10(11)16-7-5-13-6-8-16/h2-4,13H,5-8H2,1H3,(H,14,17)/i/hD. The maximum absolute atomic E-state index is 11.8. The summed E-state index contributed by atoms with van der Waals surface area (Å²) in [6.45, 7) is 3.75. The minimum atomic E-state index is -0.299. The van der Waals surface area contributed by atoms with E-state index >= 15 is 0 Å². The number of hydrogen-bond donors (Lipinski definition) is 2. The number of aromatic nitrogens is 2. The highest BCUT2D eigenvalue weighted by Crippen LogP contribution is 2.24. The van der Waals surface area contributed by atoms with Crippen molar-refractivity contribution in [1.82, 2.24) is 14.9 Å². The zero-order valence-electron chi connectivity index (χ0n) is 10.8. The van der Waals surface area contributed by atoms with E-state index in [1.54, 1.807) is 11.6 Å². The Labute approximate surface area is 101 Å². The van der Waals surface area contributed by atoms with Crippen LogP contribution in [0.4, 0.5) is 5.69 Å². The van der Waals surface area contributed by atoms with Crippen LogP contribution < -0.4 is 15.9 Å². The Bertz CT molecular complexity index is 639. The first kappa shape index (κ1) is 9.30. The van der Waals surface area contributed by atoms with E-state index in [2.05, 4.69) is 10.2 Å². The second-order valence-electron chi connectivity index (χ2n) is 4.34. The van der Waals surface area contributed by atoms with E-state index in [1.807, 2.05) is 18.2 Å².